The molecule has 2 N–H and O–H groups in total. The van der Waals surface area contributed by atoms with Crippen LogP contribution in [0.15, 0.2) is 42.5 Å². The minimum Gasteiger partial charge on any atom is -0.329 e. The van der Waals surface area contributed by atoms with Gasteiger partial charge in [-0.3, -0.25) is 4.90 Å². The molecule has 0 aliphatic carbocycles. The second-order valence-electron chi connectivity index (χ2n) is 5.64. The summed E-state index contributed by atoms with van der Waals surface area (Å²) in [4.78, 5) is 2.27. The quantitative estimate of drug-likeness (QED) is 0.901. The number of halogens is 1. The Morgan fingerprint density at radius 2 is 1.86 bits per heavy atom. The SMILES string of the molecule is Cc1ccc(C(CN)N(C)Cc2cccc(Cl)c2)cc1C. The lowest BCUT2D eigenvalue weighted by Gasteiger charge is -2.28. The summed E-state index contributed by atoms with van der Waals surface area (Å²) in [7, 11) is 2.10. The van der Waals surface area contributed by atoms with Crippen molar-refractivity contribution in [2.24, 2.45) is 5.73 Å². The Morgan fingerprint density at radius 3 is 2.48 bits per heavy atom. The van der Waals surface area contributed by atoms with Gasteiger partial charge in [0, 0.05) is 24.2 Å². The van der Waals surface area contributed by atoms with Gasteiger partial charge in [0.15, 0.2) is 0 Å². The van der Waals surface area contributed by atoms with E-state index in [1.54, 1.807) is 0 Å². The first kappa shape index (κ1) is 16.0. The largest absolute Gasteiger partial charge is 0.329 e. The molecule has 0 radical (unpaired) electrons. The zero-order valence-electron chi connectivity index (χ0n) is 12.9. The fourth-order valence-electron chi connectivity index (χ4n) is 2.58. The van der Waals surface area contributed by atoms with Gasteiger partial charge in [-0.25, -0.2) is 0 Å². The zero-order valence-corrected chi connectivity index (χ0v) is 13.7. The Bertz CT molecular complexity index is 610. The number of hydrogen-bond donors (Lipinski definition) is 1. The van der Waals surface area contributed by atoms with Crippen molar-refractivity contribution in [3.05, 3.63) is 69.7 Å². The van der Waals surface area contributed by atoms with Gasteiger partial charge in [0.25, 0.3) is 0 Å². The van der Waals surface area contributed by atoms with E-state index in [2.05, 4.69) is 50.1 Å². The Hall–Kier alpha value is -1.35. The number of likely N-dealkylation sites (N-methyl/N-ethyl adjacent to an activating group) is 1. The van der Waals surface area contributed by atoms with Crippen LogP contribution in [0.5, 0.6) is 0 Å². The Labute approximate surface area is 132 Å². The molecule has 112 valence electrons. The molecule has 2 nitrogen and oxygen atoms in total. The summed E-state index contributed by atoms with van der Waals surface area (Å²) in [5.41, 5.74) is 11.1. The summed E-state index contributed by atoms with van der Waals surface area (Å²) in [5, 5.41) is 0.774. The second kappa shape index (κ2) is 7.08. The molecule has 0 spiro atoms. The van der Waals surface area contributed by atoms with Crippen LogP contribution in [-0.2, 0) is 6.54 Å². The van der Waals surface area contributed by atoms with Crippen molar-refractivity contribution in [3.8, 4) is 0 Å². The van der Waals surface area contributed by atoms with Crippen LogP contribution in [-0.4, -0.2) is 18.5 Å². The molecule has 1 unspecified atom stereocenters. The van der Waals surface area contributed by atoms with Crippen molar-refractivity contribution in [3.63, 3.8) is 0 Å². The van der Waals surface area contributed by atoms with Crippen LogP contribution in [0.1, 0.15) is 28.3 Å². The lowest BCUT2D eigenvalue weighted by Crippen LogP contribution is -2.30. The van der Waals surface area contributed by atoms with E-state index < -0.39 is 0 Å². The third-order valence-corrected chi connectivity index (χ3v) is 4.23. The van der Waals surface area contributed by atoms with Gasteiger partial charge < -0.3 is 5.73 Å². The summed E-state index contributed by atoms with van der Waals surface area (Å²) in [6.45, 7) is 5.70. The van der Waals surface area contributed by atoms with Gasteiger partial charge in [-0.05, 0) is 55.3 Å². The van der Waals surface area contributed by atoms with Crippen LogP contribution >= 0.6 is 11.6 Å². The van der Waals surface area contributed by atoms with E-state index in [1.165, 1.54) is 22.3 Å². The van der Waals surface area contributed by atoms with E-state index in [1.807, 2.05) is 18.2 Å². The molecule has 0 aliphatic rings. The smallest absolute Gasteiger partial charge is 0.0471 e. The molecule has 21 heavy (non-hydrogen) atoms. The summed E-state index contributed by atoms with van der Waals surface area (Å²) < 4.78 is 0. The van der Waals surface area contributed by atoms with Crippen molar-refractivity contribution in [1.29, 1.82) is 0 Å². The van der Waals surface area contributed by atoms with Crippen LogP contribution in [0.4, 0.5) is 0 Å². The molecule has 3 heteroatoms. The zero-order chi connectivity index (χ0) is 15.4. The molecule has 1 atom stereocenters. The normalized spacial score (nSPS) is 12.7. The number of rotatable bonds is 5. The van der Waals surface area contributed by atoms with E-state index in [-0.39, 0.29) is 6.04 Å². The van der Waals surface area contributed by atoms with Crippen LogP contribution in [0.2, 0.25) is 5.02 Å². The first-order valence-corrected chi connectivity index (χ1v) is 7.61. The predicted octanol–water partition coefficient (Wildman–Crippen LogP) is 4.09. The highest BCUT2D eigenvalue weighted by molar-refractivity contribution is 6.30. The first-order chi connectivity index (χ1) is 10.0. The fraction of sp³-hybridized carbons (Fsp3) is 0.333. The lowest BCUT2D eigenvalue weighted by molar-refractivity contribution is 0.242. The number of benzene rings is 2. The maximum absolute atomic E-state index is 6.05. The average Bonchev–Trinajstić information content (AvgIpc) is 2.43. The predicted molar refractivity (Wildman–Crippen MR) is 90.6 cm³/mol. The molecule has 0 amide bonds. The minimum absolute atomic E-state index is 0.211. The molecule has 0 saturated carbocycles. The molecule has 0 aromatic heterocycles. The number of hydrogen-bond acceptors (Lipinski definition) is 2. The van der Waals surface area contributed by atoms with Crippen molar-refractivity contribution in [2.45, 2.75) is 26.4 Å². The molecule has 0 bridgehead atoms. The molecule has 2 aromatic rings. The summed E-state index contributed by atoms with van der Waals surface area (Å²) in [6.07, 6.45) is 0. The number of aryl methyl sites for hydroxylation is 2. The van der Waals surface area contributed by atoms with Crippen molar-refractivity contribution in [2.75, 3.05) is 13.6 Å². The van der Waals surface area contributed by atoms with Crippen molar-refractivity contribution < 1.29 is 0 Å². The highest BCUT2D eigenvalue weighted by Gasteiger charge is 2.16. The van der Waals surface area contributed by atoms with Crippen molar-refractivity contribution >= 4 is 11.6 Å². The monoisotopic (exact) mass is 302 g/mol. The highest BCUT2D eigenvalue weighted by atomic mass is 35.5. The fourth-order valence-corrected chi connectivity index (χ4v) is 2.79. The minimum atomic E-state index is 0.211. The van der Waals surface area contributed by atoms with Gasteiger partial charge in [-0.1, -0.05) is 41.9 Å². The van der Waals surface area contributed by atoms with Gasteiger partial charge >= 0.3 is 0 Å². The molecule has 0 fully saturated rings. The van der Waals surface area contributed by atoms with Gasteiger partial charge in [0.2, 0.25) is 0 Å². The third kappa shape index (κ3) is 4.07. The van der Waals surface area contributed by atoms with E-state index in [0.29, 0.717) is 6.54 Å². The van der Waals surface area contributed by atoms with E-state index in [4.69, 9.17) is 17.3 Å². The Balaban J connectivity index is 2.18. The summed E-state index contributed by atoms with van der Waals surface area (Å²) in [5.74, 6) is 0. The molecule has 2 rings (SSSR count). The molecule has 0 heterocycles. The van der Waals surface area contributed by atoms with Crippen molar-refractivity contribution in [1.82, 2.24) is 4.90 Å². The van der Waals surface area contributed by atoms with E-state index in [0.717, 1.165) is 11.6 Å². The highest BCUT2D eigenvalue weighted by Crippen LogP contribution is 2.23. The average molecular weight is 303 g/mol. The topological polar surface area (TPSA) is 29.3 Å². The van der Waals surface area contributed by atoms with E-state index >= 15 is 0 Å². The maximum atomic E-state index is 6.05. The van der Waals surface area contributed by atoms with Crippen LogP contribution in [0, 0.1) is 13.8 Å². The van der Waals surface area contributed by atoms with Gasteiger partial charge in [-0.15, -0.1) is 0 Å². The molecule has 0 saturated heterocycles. The second-order valence-corrected chi connectivity index (χ2v) is 6.08. The standard InChI is InChI=1S/C18H23ClN2/c1-13-7-8-16(9-14(13)2)18(11-20)21(3)12-15-5-4-6-17(19)10-15/h4-10,18H,11-12,20H2,1-3H3. The maximum Gasteiger partial charge on any atom is 0.0471 e. The van der Waals surface area contributed by atoms with Crippen LogP contribution in [0.25, 0.3) is 0 Å². The molecular formula is C18H23ClN2. The summed E-state index contributed by atoms with van der Waals surface area (Å²) >= 11 is 6.05. The van der Waals surface area contributed by atoms with Gasteiger partial charge in [0.1, 0.15) is 0 Å². The lowest BCUT2D eigenvalue weighted by atomic mass is 10.00. The summed E-state index contributed by atoms with van der Waals surface area (Å²) in [6, 6.07) is 14.8. The molecular weight excluding hydrogens is 280 g/mol. The van der Waals surface area contributed by atoms with E-state index in [9.17, 15) is 0 Å². The number of nitrogens with zero attached hydrogens (tertiary/aromatic N) is 1. The van der Waals surface area contributed by atoms with Gasteiger partial charge in [0.05, 0.1) is 0 Å². The van der Waals surface area contributed by atoms with Crippen LogP contribution < -0.4 is 5.73 Å². The Morgan fingerprint density at radius 1 is 1.10 bits per heavy atom. The molecule has 0 aliphatic heterocycles. The third-order valence-electron chi connectivity index (χ3n) is 3.99. The van der Waals surface area contributed by atoms with Crippen LogP contribution in [0.3, 0.4) is 0 Å². The number of nitrogens with two attached hydrogens (primary N) is 1. The Kier molecular flexibility index (Phi) is 5.40. The molecule has 2 aromatic carbocycles. The van der Waals surface area contributed by atoms with Gasteiger partial charge in [-0.2, -0.15) is 0 Å². The first-order valence-electron chi connectivity index (χ1n) is 7.23.